The van der Waals surface area contributed by atoms with Gasteiger partial charge in [-0.15, -0.1) is 11.3 Å². The van der Waals surface area contributed by atoms with Crippen LogP contribution in [-0.4, -0.2) is 23.7 Å². The summed E-state index contributed by atoms with van der Waals surface area (Å²) in [4.78, 5) is 4.78. The fourth-order valence-electron chi connectivity index (χ4n) is 2.90. The topological polar surface area (TPSA) is 34.1 Å². The molecule has 3 rings (SSSR count). The highest BCUT2D eigenvalue weighted by molar-refractivity contribution is 7.09. The summed E-state index contributed by atoms with van der Waals surface area (Å²) in [7, 11) is 0. The van der Waals surface area contributed by atoms with Crippen LogP contribution in [0, 0.1) is 12.8 Å². The van der Waals surface area contributed by atoms with Crippen LogP contribution in [0.25, 0.3) is 0 Å². The average molecular weight is 280 g/mol. The van der Waals surface area contributed by atoms with Crippen LogP contribution < -0.4 is 5.32 Å². The molecule has 19 heavy (non-hydrogen) atoms. The smallest absolute Gasteiger partial charge is 0.113 e. The summed E-state index contributed by atoms with van der Waals surface area (Å²) in [6.45, 7) is 7.45. The van der Waals surface area contributed by atoms with Gasteiger partial charge >= 0.3 is 0 Å². The third-order valence-electron chi connectivity index (χ3n) is 4.24. The zero-order valence-electron chi connectivity index (χ0n) is 12.1. The normalized spacial score (nSPS) is 31.9. The van der Waals surface area contributed by atoms with Gasteiger partial charge in [0, 0.05) is 23.7 Å². The van der Waals surface area contributed by atoms with Gasteiger partial charge in [0.15, 0.2) is 0 Å². The minimum Gasteiger partial charge on any atom is -0.378 e. The van der Waals surface area contributed by atoms with E-state index in [1.807, 2.05) is 11.3 Å². The van der Waals surface area contributed by atoms with Crippen LogP contribution in [0.2, 0.25) is 0 Å². The van der Waals surface area contributed by atoms with Gasteiger partial charge in [-0.1, -0.05) is 13.8 Å². The SMILES string of the molecule is Cc1csc(C2(NC3CC3)CCOC(C(C)C)C2)n1. The Bertz CT molecular complexity index is 441. The molecule has 1 aromatic heterocycles. The summed E-state index contributed by atoms with van der Waals surface area (Å²) >= 11 is 1.81. The molecule has 2 fully saturated rings. The van der Waals surface area contributed by atoms with Gasteiger partial charge in [0.25, 0.3) is 0 Å². The maximum atomic E-state index is 5.96. The van der Waals surface area contributed by atoms with Crippen LogP contribution in [0.5, 0.6) is 0 Å². The van der Waals surface area contributed by atoms with E-state index in [2.05, 4.69) is 31.5 Å². The Labute approximate surface area is 119 Å². The number of thiazole rings is 1. The standard InChI is InChI=1S/C15H24N2OS/c1-10(2)13-8-15(6-7-18-13,17-12-4-5-12)14-16-11(3)9-19-14/h9-10,12-13,17H,4-8H2,1-3H3. The molecule has 0 aromatic carbocycles. The predicted molar refractivity (Wildman–Crippen MR) is 78.5 cm³/mol. The minimum absolute atomic E-state index is 0.0628. The molecular weight excluding hydrogens is 256 g/mol. The summed E-state index contributed by atoms with van der Waals surface area (Å²) in [6, 6.07) is 0.704. The average Bonchev–Trinajstić information content (AvgIpc) is 3.07. The van der Waals surface area contributed by atoms with Gasteiger partial charge in [0.1, 0.15) is 5.01 Å². The third-order valence-corrected chi connectivity index (χ3v) is 5.40. The lowest BCUT2D eigenvalue weighted by molar-refractivity contribution is -0.0540. The second-order valence-corrected chi connectivity index (χ2v) is 7.26. The van der Waals surface area contributed by atoms with Crippen LogP contribution in [0.15, 0.2) is 5.38 Å². The summed E-state index contributed by atoms with van der Waals surface area (Å²) < 4.78 is 5.96. The molecule has 0 radical (unpaired) electrons. The Hall–Kier alpha value is -0.450. The number of nitrogens with one attached hydrogen (secondary N) is 1. The lowest BCUT2D eigenvalue weighted by atomic mass is 9.83. The highest BCUT2D eigenvalue weighted by Gasteiger charge is 2.44. The molecule has 2 heterocycles. The van der Waals surface area contributed by atoms with Crippen LogP contribution in [0.4, 0.5) is 0 Å². The molecule has 0 bridgehead atoms. The van der Waals surface area contributed by atoms with Crippen LogP contribution in [-0.2, 0) is 10.3 Å². The van der Waals surface area contributed by atoms with Gasteiger partial charge in [-0.3, -0.25) is 0 Å². The Morgan fingerprint density at radius 2 is 2.26 bits per heavy atom. The fraction of sp³-hybridized carbons (Fsp3) is 0.800. The van der Waals surface area contributed by atoms with Crippen molar-refractivity contribution in [3.05, 3.63) is 16.1 Å². The van der Waals surface area contributed by atoms with Crippen molar-refractivity contribution in [1.29, 1.82) is 0 Å². The number of aryl methyl sites for hydroxylation is 1. The maximum Gasteiger partial charge on any atom is 0.113 e. The van der Waals surface area contributed by atoms with E-state index in [-0.39, 0.29) is 5.54 Å². The fourth-order valence-corrected chi connectivity index (χ4v) is 3.90. The van der Waals surface area contributed by atoms with E-state index >= 15 is 0 Å². The predicted octanol–water partition coefficient (Wildman–Crippen LogP) is 3.23. The molecule has 1 saturated heterocycles. The molecule has 2 unspecified atom stereocenters. The number of hydrogen-bond donors (Lipinski definition) is 1. The molecule has 0 spiro atoms. The van der Waals surface area contributed by atoms with E-state index < -0.39 is 0 Å². The van der Waals surface area contributed by atoms with Crippen LogP contribution in [0.1, 0.15) is 50.2 Å². The molecule has 106 valence electrons. The highest BCUT2D eigenvalue weighted by Crippen LogP contribution is 2.40. The molecule has 2 atom stereocenters. The van der Waals surface area contributed by atoms with Crippen molar-refractivity contribution < 1.29 is 4.74 Å². The van der Waals surface area contributed by atoms with E-state index in [4.69, 9.17) is 9.72 Å². The van der Waals surface area contributed by atoms with Crippen LogP contribution in [0.3, 0.4) is 0 Å². The zero-order valence-corrected chi connectivity index (χ0v) is 12.9. The molecule has 1 N–H and O–H groups in total. The van der Waals surface area contributed by atoms with E-state index in [0.29, 0.717) is 18.1 Å². The van der Waals surface area contributed by atoms with Crippen molar-refractivity contribution in [2.75, 3.05) is 6.61 Å². The Kier molecular flexibility index (Phi) is 3.67. The van der Waals surface area contributed by atoms with E-state index in [1.165, 1.54) is 17.8 Å². The van der Waals surface area contributed by atoms with Crippen molar-refractivity contribution in [3.8, 4) is 0 Å². The first-order chi connectivity index (χ1) is 9.09. The second kappa shape index (κ2) is 5.15. The van der Waals surface area contributed by atoms with Crippen molar-refractivity contribution >= 4 is 11.3 Å². The van der Waals surface area contributed by atoms with Crippen LogP contribution >= 0.6 is 11.3 Å². The highest BCUT2D eigenvalue weighted by atomic mass is 32.1. The first-order valence-corrected chi connectivity index (χ1v) is 8.29. The quantitative estimate of drug-likeness (QED) is 0.919. The molecule has 1 saturated carbocycles. The maximum absolute atomic E-state index is 5.96. The molecule has 3 nitrogen and oxygen atoms in total. The lowest BCUT2D eigenvalue weighted by Crippen LogP contribution is -2.51. The summed E-state index contributed by atoms with van der Waals surface area (Å²) in [5.41, 5.74) is 1.21. The van der Waals surface area contributed by atoms with E-state index in [1.54, 1.807) is 0 Å². The zero-order chi connectivity index (χ0) is 13.5. The van der Waals surface area contributed by atoms with Gasteiger partial charge in [0.2, 0.25) is 0 Å². The molecule has 0 amide bonds. The van der Waals surface area contributed by atoms with Crippen molar-refractivity contribution in [1.82, 2.24) is 10.3 Å². The van der Waals surface area contributed by atoms with Gasteiger partial charge in [-0.25, -0.2) is 4.98 Å². The third kappa shape index (κ3) is 2.86. The van der Waals surface area contributed by atoms with E-state index in [9.17, 15) is 0 Å². The number of aromatic nitrogens is 1. The van der Waals surface area contributed by atoms with Gasteiger partial charge in [-0.05, 0) is 38.5 Å². The Balaban J connectivity index is 1.87. The summed E-state index contributed by atoms with van der Waals surface area (Å²) in [5.74, 6) is 0.571. The molecular formula is C15H24N2OS. The largest absolute Gasteiger partial charge is 0.378 e. The first kappa shape index (κ1) is 13.5. The molecule has 1 aromatic rings. The Morgan fingerprint density at radius 3 is 2.84 bits per heavy atom. The van der Waals surface area contributed by atoms with Gasteiger partial charge < -0.3 is 10.1 Å². The number of rotatable bonds is 4. The number of nitrogens with zero attached hydrogens (tertiary/aromatic N) is 1. The van der Waals surface area contributed by atoms with Crippen molar-refractivity contribution in [2.24, 2.45) is 5.92 Å². The molecule has 1 aliphatic heterocycles. The summed E-state index contributed by atoms with van der Waals surface area (Å²) in [6.07, 6.45) is 5.11. The van der Waals surface area contributed by atoms with Crippen molar-refractivity contribution in [3.63, 3.8) is 0 Å². The second-order valence-electron chi connectivity index (χ2n) is 6.40. The monoisotopic (exact) mass is 280 g/mol. The number of hydrogen-bond acceptors (Lipinski definition) is 4. The molecule has 4 heteroatoms. The Morgan fingerprint density at radius 1 is 1.47 bits per heavy atom. The van der Waals surface area contributed by atoms with Gasteiger partial charge in [-0.2, -0.15) is 0 Å². The lowest BCUT2D eigenvalue weighted by Gasteiger charge is -2.42. The first-order valence-electron chi connectivity index (χ1n) is 7.41. The van der Waals surface area contributed by atoms with Gasteiger partial charge in [0.05, 0.1) is 11.6 Å². The molecule has 2 aliphatic rings. The summed E-state index contributed by atoms with van der Waals surface area (Å²) in [5, 5.41) is 7.33. The molecule has 1 aliphatic carbocycles. The van der Waals surface area contributed by atoms with E-state index in [0.717, 1.165) is 25.1 Å². The number of ether oxygens (including phenoxy) is 1. The van der Waals surface area contributed by atoms with Crippen molar-refractivity contribution in [2.45, 2.75) is 64.1 Å². The minimum atomic E-state index is 0.0628.